The Hall–Kier alpha value is -2.24. The highest BCUT2D eigenvalue weighted by Gasteiger charge is 1.97. The Kier molecular flexibility index (Phi) is 4.60. The standard InChI is InChI=1S/C17H16O2/c1-14-5-2-7-16(11-14)13-19-17-9-3-6-15(12-17)8-4-10-18/h2-3,5-7,9,11-12,18H,10,13H2,1H3. The van der Waals surface area contributed by atoms with E-state index in [0.717, 1.165) is 16.9 Å². The summed E-state index contributed by atoms with van der Waals surface area (Å²) in [6.45, 7) is 2.47. The predicted octanol–water partition coefficient (Wildman–Crippen LogP) is 2.92. The molecule has 0 amide bonds. The van der Waals surface area contributed by atoms with Crippen LogP contribution in [0.1, 0.15) is 16.7 Å². The van der Waals surface area contributed by atoms with Gasteiger partial charge in [0, 0.05) is 5.56 Å². The molecular formula is C17H16O2. The first-order valence-corrected chi connectivity index (χ1v) is 6.16. The van der Waals surface area contributed by atoms with E-state index in [0.29, 0.717) is 6.61 Å². The molecule has 2 aromatic carbocycles. The molecular weight excluding hydrogens is 236 g/mol. The summed E-state index contributed by atoms with van der Waals surface area (Å²) in [5, 5.41) is 8.67. The van der Waals surface area contributed by atoms with Gasteiger partial charge in [0.15, 0.2) is 0 Å². The van der Waals surface area contributed by atoms with E-state index in [9.17, 15) is 0 Å². The van der Waals surface area contributed by atoms with Crippen molar-refractivity contribution in [2.45, 2.75) is 13.5 Å². The van der Waals surface area contributed by atoms with Crippen LogP contribution in [0.4, 0.5) is 0 Å². The largest absolute Gasteiger partial charge is 0.489 e. The number of benzene rings is 2. The molecule has 2 heteroatoms. The third-order valence-electron chi connectivity index (χ3n) is 2.63. The summed E-state index contributed by atoms with van der Waals surface area (Å²) in [5.41, 5.74) is 3.21. The lowest BCUT2D eigenvalue weighted by molar-refractivity contribution is 0.306. The average Bonchev–Trinajstić information content (AvgIpc) is 2.43. The van der Waals surface area contributed by atoms with Gasteiger partial charge < -0.3 is 9.84 Å². The molecule has 0 unspecified atom stereocenters. The zero-order chi connectivity index (χ0) is 13.5. The van der Waals surface area contributed by atoms with Gasteiger partial charge in [-0.1, -0.05) is 47.7 Å². The zero-order valence-electron chi connectivity index (χ0n) is 10.9. The van der Waals surface area contributed by atoms with E-state index in [2.05, 4.69) is 30.9 Å². The van der Waals surface area contributed by atoms with Crippen molar-refractivity contribution in [2.75, 3.05) is 6.61 Å². The molecule has 19 heavy (non-hydrogen) atoms. The van der Waals surface area contributed by atoms with Gasteiger partial charge in [0.05, 0.1) is 0 Å². The predicted molar refractivity (Wildman–Crippen MR) is 75.9 cm³/mol. The number of aryl methyl sites for hydroxylation is 1. The van der Waals surface area contributed by atoms with Gasteiger partial charge in [-0.25, -0.2) is 0 Å². The molecule has 0 aliphatic rings. The highest BCUT2D eigenvalue weighted by atomic mass is 16.5. The minimum absolute atomic E-state index is 0.131. The van der Waals surface area contributed by atoms with E-state index in [1.54, 1.807) is 0 Å². The Bertz CT molecular complexity index is 606. The number of ether oxygens (including phenoxy) is 1. The van der Waals surface area contributed by atoms with Crippen LogP contribution in [0.15, 0.2) is 48.5 Å². The van der Waals surface area contributed by atoms with Gasteiger partial charge in [-0.3, -0.25) is 0 Å². The van der Waals surface area contributed by atoms with E-state index in [-0.39, 0.29) is 6.61 Å². The molecule has 96 valence electrons. The van der Waals surface area contributed by atoms with Crippen molar-refractivity contribution in [3.8, 4) is 17.6 Å². The van der Waals surface area contributed by atoms with Gasteiger partial charge in [-0.2, -0.15) is 0 Å². The lowest BCUT2D eigenvalue weighted by Crippen LogP contribution is -1.95. The second kappa shape index (κ2) is 6.63. The van der Waals surface area contributed by atoms with Crippen molar-refractivity contribution in [2.24, 2.45) is 0 Å². The normalized spacial score (nSPS) is 9.58. The number of aliphatic hydroxyl groups excluding tert-OH is 1. The van der Waals surface area contributed by atoms with E-state index in [4.69, 9.17) is 9.84 Å². The maximum atomic E-state index is 8.67. The second-order valence-corrected chi connectivity index (χ2v) is 4.27. The average molecular weight is 252 g/mol. The summed E-state index contributed by atoms with van der Waals surface area (Å²) in [7, 11) is 0. The molecule has 0 atom stereocenters. The van der Waals surface area contributed by atoms with Crippen LogP contribution in [0, 0.1) is 18.8 Å². The molecule has 0 radical (unpaired) electrons. The molecule has 0 saturated heterocycles. The molecule has 0 heterocycles. The lowest BCUT2D eigenvalue weighted by atomic mass is 10.1. The number of rotatable bonds is 3. The number of hydrogen-bond acceptors (Lipinski definition) is 2. The van der Waals surface area contributed by atoms with Crippen molar-refractivity contribution >= 4 is 0 Å². The van der Waals surface area contributed by atoms with Crippen LogP contribution >= 0.6 is 0 Å². The summed E-state index contributed by atoms with van der Waals surface area (Å²) in [6, 6.07) is 15.8. The molecule has 0 spiro atoms. The lowest BCUT2D eigenvalue weighted by Gasteiger charge is -2.07. The molecule has 0 aliphatic carbocycles. The van der Waals surface area contributed by atoms with Gasteiger partial charge in [0.2, 0.25) is 0 Å². The molecule has 0 saturated carbocycles. The van der Waals surface area contributed by atoms with E-state index < -0.39 is 0 Å². The molecule has 0 bridgehead atoms. The number of hydrogen-bond donors (Lipinski definition) is 1. The van der Waals surface area contributed by atoms with Crippen LogP contribution in [-0.4, -0.2) is 11.7 Å². The quantitative estimate of drug-likeness (QED) is 0.851. The Morgan fingerprint density at radius 1 is 1.11 bits per heavy atom. The van der Waals surface area contributed by atoms with Crippen molar-refractivity contribution in [3.05, 3.63) is 65.2 Å². The maximum Gasteiger partial charge on any atom is 0.121 e. The van der Waals surface area contributed by atoms with E-state index in [1.165, 1.54) is 5.56 Å². The Labute approximate surface area is 113 Å². The van der Waals surface area contributed by atoms with Crippen LogP contribution in [-0.2, 0) is 6.61 Å². The molecule has 1 N–H and O–H groups in total. The number of aliphatic hydroxyl groups is 1. The maximum absolute atomic E-state index is 8.67. The van der Waals surface area contributed by atoms with Gasteiger partial charge >= 0.3 is 0 Å². The van der Waals surface area contributed by atoms with Gasteiger partial charge in [0.1, 0.15) is 19.0 Å². The Morgan fingerprint density at radius 3 is 2.74 bits per heavy atom. The van der Waals surface area contributed by atoms with Crippen LogP contribution in [0.5, 0.6) is 5.75 Å². The van der Waals surface area contributed by atoms with E-state index in [1.807, 2.05) is 36.4 Å². The molecule has 2 aromatic rings. The molecule has 2 nitrogen and oxygen atoms in total. The third-order valence-corrected chi connectivity index (χ3v) is 2.63. The summed E-state index contributed by atoms with van der Waals surface area (Å²) in [6.07, 6.45) is 0. The van der Waals surface area contributed by atoms with Gasteiger partial charge in [0.25, 0.3) is 0 Å². The molecule has 2 rings (SSSR count). The highest BCUT2D eigenvalue weighted by molar-refractivity contribution is 5.39. The summed E-state index contributed by atoms with van der Waals surface area (Å²) >= 11 is 0. The molecule has 0 aliphatic heterocycles. The minimum Gasteiger partial charge on any atom is -0.489 e. The first-order valence-electron chi connectivity index (χ1n) is 6.16. The van der Waals surface area contributed by atoms with Gasteiger partial charge in [-0.15, -0.1) is 0 Å². The summed E-state index contributed by atoms with van der Waals surface area (Å²) in [4.78, 5) is 0. The first-order chi connectivity index (χ1) is 9.28. The molecule has 0 aromatic heterocycles. The van der Waals surface area contributed by atoms with Crippen molar-refractivity contribution < 1.29 is 9.84 Å². The highest BCUT2D eigenvalue weighted by Crippen LogP contribution is 2.15. The Morgan fingerprint density at radius 2 is 1.95 bits per heavy atom. The van der Waals surface area contributed by atoms with Gasteiger partial charge in [-0.05, 0) is 30.7 Å². The first kappa shape index (κ1) is 13.2. The van der Waals surface area contributed by atoms with Crippen molar-refractivity contribution in [1.82, 2.24) is 0 Å². The fourth-order valence-corrected chi connectivity index (χ4v) is 1.77. The van der Waals surface area contributed by atoms with Crippen LogP contribution in [0.25, 0.3) is 0 Å². The van der Waals surface area contributed by atoms with Crippen LogP contribution in [0.2, 0.25) is 0 Å². The topological polar surface area (TPSA) is 29.5 Å². The summed E-state index contributed by atoms with van der Waals surface area (Å²) in [5.74, 6) is 6.27. The van der Waals surface area contributed by atoms with Crippen molar-refractivity contribution in [1.29, 1.82) is 0 Å². The second-order valence-electron chi connectivity index (χ2n) is 4.27. The Balaban J connectivity index is 2.03. The van der Waals surface area contributed by atoms with Crippen LogP contribution in [0.3, 0.4) is 0 Å². The SMILES string of the molecule is Cc1cccc(COc2cccc(C#CCO)c2)c1. The third kappa shape index (κ3) is 4.17. The van der Waals surface area contributed by atoms with Crippen molar-refractivity contribution in [3.63, 3.8) is 0 Å². The smallest absolute Gasteiger partial charge is 0.121 e. The molecule has 0 fully saturated rings. The fraction of sp³-hybridized carbons (Fsp3) is 0.176. The fourth-order valence-electron chi connectivity index (χ4n) is 1.77. The zero-order valence-corrected chi connectivity index (χ0v) is 10.9. The summed E-state index contributed by atoms with van der Waals surface area (Å²) < 4.78 is 5.74. The minimum atomic E-state index is -0.131. The van der Waals surface area contributed by atoms with E-state index >= 15 is 0 Å². The van der Waals surface area contributed by atoms with Crippen LogP contribution < -0.4 is 4.74 Å². The monoisotopic (exact) mass is 252 g/mol.